The van der Waals surface area contributed by atoms with Crippen molar-refractivity contribution in [3.05, 3.63) is 40.2 Å². The van der Waals surface area contributed by atoms with E-state index in [1.54, 1.807) is 12.1 Å². The molecule has 0 bridgehead atoms. The van der Waals surface area contributed by atoms with Crippen LogP contribution in [0.1, 0.15) is 10.4 Å². The van der Waals surface area contributed by atoms with Crippen molar-refractivity contribution in [3.8, 4) is 18.1 Å². The first-order valence-electron chi connectivity index (χ1n) is 6.40. The van der Waals surface area contributed by atoms with E-state index in [0.29, 0.717) is 0 Å². The van der Waals surface area contributed by atoms with Gasteiger partial charge in [-0.1, -0.05) is 18.1 Å². The van der Waals surface area contributed by atoms with E-state index >= 15 is 0 Å². The Balaban J connectivity index is 2.65. The number of fused-ring (bicyclic) bond motifs is 1. The van der Waals surface area contributed by atoms with Crippen molar-refractivity contribution < 1.29 is 24.6 Å². The highest BCUT2D eigenvalue weighted by Crippen LogP contribution is 2.25. The molecule has 1 aromatic heterocycles. The summed E-state index contributed by atoms with van der Waals surface area (Å²) >= 11 is 0. The van der Waals surface area contributed by atoms with Gasteiger partial charge in [0.15, 0.2) is 12.2 Å². The summed E-state index contributed by atoms with van der Waals surface area (Å²) in [5, 5.41) is 21.0. The summed E-state index contributed by atoms with van der Waals surface area (Å²) in [5.41, 5.74) is -1.35. The van der Waals surface area contributed by atoms with Crippen LogP contribution in [-0.2, 0) is 4.79 Å². The molecule has 2 aromatic rings. The second-order valence-corrected chi connectivity index (χ2v) is 4.39. The molecular formula is C15H12N2O6. The maximum absolute atomic E-state index is 12.4. The van der Waals surface area contributed by atoms with Crippen molar-refractivity contribution in [1.29, 1.82) is 0 Å². The maximum Gasteiger partial charge on any atom is 0.322 e. The van der Waals surface area contributed by atoms with Crippen molar-refractivity contribution in [3.63, 3.8) is 0 Å². The molecule has 3 N–H and O–H groups in total. The standard InChI is InChI=1S/C15H12N2O6/c1-2-7-23-17-10-6-4-3-5-9(10)13(20)12(15(17)22)14(21)16-8-11(18)19/h1,3-6,20H,7-8H2,(H,16,21)(H,18,19). The zero-order valence-corrected chi connectivity index (χ0v) is 11.8. The number of carboxylic acids is 1. The Morgan fingerprint density at radius 3 is 2.70 bits per heavy atom. The molecule has 0 aliphatic heterocycles. The van der Waals surface area contributed by atoms with Crippen molar-refractivity contribution in [2.24, 2.45) is 0 Å². The summed E-state index contributed by atoms with van der Waals surface area (Å²) in [6, 6.07) is 6.19. The number of nitrogens with one attached hydrogen (secondary N) is 1. The smallest absolute Gasteiger partial charge is 0.322 e. The van der Waals surface area contributed by atoms with E-state index in [4.69, 9.17) is 16.4 Å². The highest BCUT2D eigenvalue weighted by atomic mass is 16.7. The van der Waals surface area contributed by atoms with Crippen molar-refractivity contribution in [2.75, 3.05) is 13.2 Å². The van der Waals surface area contributed by atoms with Crippen LogP contribution in [0, 0.1) is 12.3 Å². The topological polar surface area (TPSA) is 118 Å². The fourth-order valence-corrected chi connectivity index (χ4v) is 1.98. The largest absolute Gasteiger partial charge is 0.506 e. The van der Waals surface area contributed by atoms with E-state index in [9.17, 15) is 19.5 Å². The predicted molar refractivity (Wildman–Crippen MR) is 80.1 cm³/mol. The number of nitrogens with zero attached hydrogens (tertiary/aromatic N) is 1. The van der Waals surface area contributed by atoms with Gasteiger partial charge < -0.3 is 20.4 Å². The number of aromatic hydroxyl groups is 1. The Morgan fingerprint density at radius 1 is 1.35 bits per heavy atom. The van der Waals surface area contributed by atoms with Gasteiger partial charge in [-0.25, -0.2) is 0 Å². The van der Waals surface area contributed by atoms with E-state index in [1.807, 2.05) is 5.32 Å². The molecule has 0 aliphatic carbocycles. The molecule has 8 heteroatoms. The summed E-state index contributed by atoms with van der Waals surface area (Å²) in [4.78, 5) is 40.1. The summed E-state index contributed by atoms with van der Waals surface area (Å²) < 4.78 is 0.796. The van der Waals surface area contributed by atoms with Crippen LogP contribution in [0.15, 0.2) is 29.1 Å². The minimum Gasteiger partial charge on any atom is -0.506 e. The van der Waals surface area contributed by atoms with Crippen molar-refractivity contribution in [1.82, 2.24) is 10.0 Å². The Morgan fingerprint density at radius 2 is 2.04 bits per heavy atom. The zero-order chi connectivity index (χ0) is 17.0. The molecule has 8 nitrogen and oxygen atoms in total. The molecule has 0 fully saturated rings. The van der Waals surface area contributed by atoms with Gasteiger partial charge in [-0.15, -0.1) is 11.2 Å². The summed E-state index contributed by atoms with van der Waals surface area (Å²) in [6.07, 6.45) is 5.09. The van der Waals surface area contributed by atoms with Crippen LogP contribution in [0.25, 0.3) is 10.9 Å². The van der Waals surface area contributed by atoms with Gasteiger partial charge in [0.05, 0.1) is 5.52 Å². The van der Waals surface area contributed by atoms with Crippen LogP contribution in [0.2, 0.25) is 0 Å². The van der Waals surface area contributed by atoms with Gasteiger partial charge in [-0.3, -0.25) is 14.4 Å². The lowest BCUT2D eigenvalue weighted by Crippen LogP contribution is -2.37. The third-order valence-electron chi connectivity index (χ3n) is 2.92. The number of carbonyl (C=O) groups excluding carboxylic acids is 1. The molecule has 1 heterocycles. The SMILES string of the molecule is C#CCOn1c(=O)c(C(=O)NCC(=O)O)c(O)c2ccccc21. The number of pyridine rings is 1. The average Bonchev–Trinajstić information content (AvgIpc) is 2.53. The molecule has 0 unspecified atom stereocenters. The van der Waals surface area contributed by atoms with E-state index in [-0.39, 0.29) is 17.5 Å². The number of para-hydroxylation sites is 1. The average molecular weight is 316 g/mol. The second kappa shape index (κ2) is 6.53. The first-order chi connectivity index (χ1) is 11.0. The molecule has 1 amide bonds. The molecule has 0 saturated carbocycles. The molecule has 118 valence electrons. The summed E-state index contributed by atoms with van der Waals surface area (Å²) in [5.74, 6) is -0.691. The quantitative estimate of drug-likeness (QED) is 0.645. The highest BCUT2D eigenvalue weighted by molar-refractivity contribution is 6.02. The normalized spacial score (nSPS) is 10.0. The second-order valence-electron chi connectivity index (χ2n) is 4.39. The van der Waals surface area contributed by atoms with Gasteiger partial charge in [-0.05, 0) is 12.1 Å². The highest BCUT2D eigenvalue weighted by Gasteiger charge is 2.23. The fourth-order valence-electron chi connectivity index (χ4n) is 1.98. The number of hydrogen-bond acceptors (Lipinski definition) is 5. The molecule has 0 aliphatic rings. The first-order valence-corrected chi connectivity index (χ1v) is 6.40. The number of aromatic nitrogens is 1. The Labute approximate surface area is 129 Å². The Hall–Kier alpha value is -3.47. The Kier molecular flexibility index (Phi) is 4.52. The molecule has 1 aromatic carbocycles. The molecule has 0 spiro atoms. The van der Waals surface area contributed by atoms with E-state index in [1.165, 1.54) is 12.1 Å². The van der Waals surface area contributed by atoms with E-state index in [2.05, 4.69) is 5.92 Å². The molecular weight excluding hydrogens is 304 g/mol. The van der Waals surface area contributed by atoms with E-state index < -0.39 is 35.3 Å². The van der Waals surface area contributed by atoms with Gasteiger partial charge in [0.2, 0.25) is 0 Å². The lowest BCUT2D eigenvalue weighted by molar-refractivity contribution is -0.135. The third kappa shape index (κ3) is 3.08. The monoisotopic (exact) mass is 316 g/mol. The molecule has 23 heavy (non-hydrogen) atoms. The van der Waals surface area contributed by atoms with Crippen molar-refractivity contribution >= 4 is 22.8 Å². The number of hydrogen-bond donors (Lipinski definition) is 3. The number of carboxylic acid groups (broad SMARTS) is 1. The van der Waals surface area contributed by atoms with Crippen LogP contribution in [0.4, 0.5) is 0 Å². The summed E-state index contributed by atoms with van der Waals surface area (Å²) in [7, 11) is 0. The lowest BCUT2D eigenvalue weighted by atomic mass is 10.1. The Bertz CT molecular complexity index is 878. The lowest BCUT2D eigenvalue weighted by Gasteiger charge is -2.13. The van der Waals surface area contributed by atoms with Gasteiger partial charge >= 0.3 is 5.97 Å². The molecule has 0 saturated heterocycles. The number of benzene rings is 1. The first kappa shape index (κ1) is 15.9. The zero-order valence-electron chi connectivity index (χ0n) is 11.8. The molecule has 0 atom stereocenters. The van der Waals surface area contributed by atoms with Gasteiger partial charge in [0.1, 0.15) is 12.3 Å². The number of carbonyl (C=O) groups is 2. The fraction of sp³-hybridized carbons (Fsp3) is 0.133. The third-order valence-corrected chi connectivity index (χ3v) is 2.92. The van der Waals surface area contributed by atoms with Gasteiger partial charge in [0, 0.05) is 5.39 Å². The number of terminal acetylenes is 1. The number of amides is 1. The van der Waals surface area contributed by atoms with Gasteiger partial charge in [-0.2, -0.15) is 0 Å². The molecule has 2 rings (SSSR count). The van der Waals surface area contributed by atoms with Crippen molar-refractivity contribution in [2.45, 2.75) is 0 Å². The maximum atomic E-state index is 12.4. The minimum atomic E-state index is -1.29. The van der Waals surface area contributed by atoms with Crippen LogP contribution in [-0.4, -0.2) is 40.0 Å². The predicted octanol–water partition coefficient (Wildman–Crippen LogP) is -0.417. The van der Waals surface area contributed by atoms with Crippen LogP contribution in [0.3, 0.4) is 0 Å². The summed E-state index contributed by atoms with van der Waals surface area (Å²) in [6.45, 7) is -0.930. The van der Waals surface area contributed by atoms with Crippen LogP contribution < -0.4 is 15.7 Å². The number of rotatable bonds is 5. The van der Waals surface area contributed by atoms with Crippen LogP contribution >= 0.6 is 0 Å². The van der Waals surface area contributed by atoms with E-state index in [0.717, 1.165) is 4.73 Å². The molecule has 0 radical (unpaired) electrons. The number of aliphatic carboxylic acids is 1. The minimum absolute atomic E-state index is 0.185. The van der Waals surface area contributed by atoms with Crippen LogP contribution in [0.5, 0.6) is 5.75 Å². The van der Waals surface area contributed by atoms with Gasteiger partial charge in [0.25, 0.3) is 11.5 Å².